The van der Waals surface area contributed by atoms with Gasteiger partial charge in [-0.05, 0) is 31.4 Å². The van der Waals surface area contributed by atoms with E-state index in [0.717, 1.165) is 12.8 Å². The first-order valence-corrected chi connectivity index (χ1v) is 7.94. The van der Waals surface area contributed by atoms with Crippen LogP contribution in [0.3, 0.4) is 0 Å². The lowest BCUT2D eigenvalue weighted by atomic mass is 10.0. The van der Waals surface area contributed by atoms with Gasteiger partial charge in [0.25, 0.3) is 0 Å². The summed E-state index contributed by atoms with van der Waals surface area (Å²) in [4.78, 5) is 11.6. The molecular formula is C17H18F3N3O. The summed E-state index contributed by atoms with van der Waals surface area (Å²) in [6.07, 6.45) is -0.256. The van der Waals surface area contributed by atoms with Crippen LogP contribution in [0.25, 0.3) is 5.69 Å². The average Bonchev–Trinajstić information content (AvgIpc) is 2.85. The van der Waals surface area contributed by atoms with Crippen molar-refractivity contribution >= 4 is 5.91 Å². The summed E-state index contributed by atoms with van der Waals surface area (Å²) >= 11 is 0. The molecule has 0 saturated carbocycles. The fourth-order valence-electron chi connectivity index (χ4n) is 2.98. The number of nitrogens with one attached hydrogen (secondary N) is 1. The van der Waals surface area contributed by atoms with E-state index in [9.17, 15) is 18.0 Å². The van der Waals surface area contributed by atoms with Crippen LogP contribution >= 0.6 is 0 Å². The van der Waals surface area contributed by atoms with Crippen LogP contribution in [-0.2, 0) is 17.4 Å². The second-order valence-electron chi connectivity index (χ2n) is 6.00. The van der Waals surface area contributed by atoms with Crippen LogP contribution in [0.1, 0.15) is 36.9 Å². The summed E-state index contributed by atoms with van der Waals surface area (Å²) in [6, 6.07) is 8.40. The van der Waals surface area contributed by atoms with Crippen molar-refractivity contribution in [3.05, 3.63) is 47.8 Å². The number of carbonyl (C=O) groups excluding carboxylic acids is 1. The number of carbonyl (C=O) groups is 1. The predicted octanol–water partition coefficient (Wildman–Crippen LogP) is 3.49. The van der Waals surface area contributed by atoms with Gasteiger partial charge in [-0.1, -0.05) is 24.6 Å². The molecule has 0 spiro atoms. The van der Waals surface area contributed by atoms with Gasteiger partial charge in [0.05, 0.1) is 5.69 Å². The van der Waals surface area contributed by atoms with E-state index in [0.29, 0.717) is 18.5 Å². The van der Waals surface area contributed by atoms with Crippen molar-refractivity contribution < 1.29 is 18.0 Å². The summed E-state index contributed by atoms with van der Waals surface area (Å²) in [5.74, 6) is -0.0958. The molecule has 4 nitrogen and oxygen atoms in total. The minimum Gasteiger partial charge on any atom is -0.353 e. The van der Waals surface area contributed by atoms with Gasteiger partial charge in [0.2, 0.25) is 5.91 Å². The van der Waals surface area contributed by atoms with Gasteiger partial charge in [0.1, 0.15) is 0 Å². The molecule has 24 heavy (non-hydrogen) atoms. The first kappa shape index (κ1) is 16.5. The lowest BCUT2D eigenvalue weighted by molar-refractivity contribution is -0.142. The number of hydrogen-bond donors (Lipinski definition) is 1. The molecule has 1 aliphatic rings. The number of halogens is 3. The summed E-state index contributed by atoms with van der Waals surface area (Å²) < 4.78 is 41.2. The quantitative estimate of drug-likeness (QED) is 0.932. The molecule has 3 rings (SSSR count). The topological polar surface area (TPSA) is 46.9 Å². The van der Waals surface area contributed by atoms with Gasteiger partial charge in [-0.25, -0.2) is 4.68 Å². The summed E-state index contributed by atoms with van der Waals surface area (Å²) in [7, 11) is 0. The number of amides is 1. The molecule has 128 valence electrons. The van der Waals surface area contributed by atoms with Crippen molar-refractivity contribution in [3.8, 4) is 5.69 Å². The number of rotatable bonds is 3. The van der Waals surface area contributed by atoms with Crippen LogP contribution in [0.15, 0.2) is 36.5 Å². The first-order valence-electron chi connectivity index (χ1n) is 7.94. The third-order valence-corrected chi connectivity index (χ3v) is 4.12. The van der Waals surface area contributed by atoms with E-state index in [4.69, 9.17) is 0 Å². The smallest absolute Gasteiger partial charge is 0.353 e. The van der Waals surface area contributed by atoms with Gasteiger partial charge < -0.3 is 5.32 Å². The monoisotopic (exact) mass is 337 g/mol. The van der Waals surface area contributed by atoms with E-state index in [1.165, 1.54) is 10.9 Å². The fourth-order valence-corrected chi connectivity index (χ4v) is 2.98. The molecule has 1 fully saturated rings. The van der Waals surface area contributed by atoms with Crippen LogP contribution < -0.4 is 5.32 Å². The Morgan fingerprint density at radius 1 is 1.21 bits per heavy atom. The normalized spacial score (nSPS) is 19.0. The molecule has 1 aromatic carbocycles. The molecule has 2 heterocycles. The summed E-state index contributed by atoms with van der Waals surface area (Å²) in [5.41, 5.74) is -0.206. The maximum absolute atomic E-state index is 13.3. The second kappa shape index (κ2) is 6.67. The van der Waals surface area contributed by atoms with Gasteiger partial charge in [-0.15, -0.1) is 0 Å². The van der Waals surface area contributed by atoms with E-state index in [2.05, 4.69) is 10.4 Å². The number of aromatic nitrogens is 2. The molecular weight excluding hydrogens is 319 g/mol. The van der Waals surface area contributed by atoms with Crippen molar-refractivity contribution in [1.82, 2.24) is 15.1 Å². The first-order chi connectivity index (χ1) is 11.4. The van der Waals surface area contributed by atoms with E-state index >= 15 is 0 Å². The van der Waals surface area contributed by atoms with Crippen molar-refractivity contribution in [2.45, 2.75) is 44.3 Å². The zero-order chi connectivity index (χ0) is 17.2. The predicted molar refractivity (Wildman–Crippen MR) is 82.7 cm³/mol. The minimum atomic E-state index is -4.52. The average molecular weight is 337 g/mol. The van der Waals surface area contributed by atoms with Crippen LogP contribution in [0.5, 0.6) is 0 Å². The lowest BCUT2D eigenvalue weighted by Crippen LogP contribution is -2.34. The van der Waals surface area contributed by atoms with E-state index < -0.39 is 11.9 Å². The molecule has 1 aliphatic heterocycles. The zero-order valence-electron chi connectivity index (χ0n) is 13.0. The fraction of sp³-hybridized carbons (Fsp3) is 0.412. The highest BCUT2D eigenvalue weighted by Crippen LogP contribution is 2.32. The maximum atomic E-state index is 13.3. The number of nitrogens with zero attached hydrogens (tertiary/aromatic N) is 2. The lowest BCUT2D eigenvalue weighted by Gasteiger charge is -2.16. The van der Waals surface area contributed by atoms with Gasteiger partial charge in [-0.2, -0.15) is 18.3 Å². The van der Waals surface area contributed by atoms with Gasteiger partial charge in [0.15, 0.2) is 5.69 Å². The van der Waals surface area contributed by atoms with E-state index in [1.54, 1.807) is 30.3 Å². The van der Waals surface area contributed by atoms with Crippen molar-refractivity contribution in [3.63, 3.8) is 0 Å². The molecule has 7 heteroatoms. The third kappa shape index (κ3) is 3.77. The Morgan fingerprint density at radius 3 is 2.67 bits per heavy atom. The standard InChI is InChI=1S/C17H18F3N3O/c18-17(19,20)16-12(10-13-6-4-5-9-15(24)21-13)11-23(22-16)14-7-2-1-3-8-14/h1-3,7-8,11,13H,4-6,9-10H2,(H,21,24). The van der Waals surface area contributed by atoms with Gasteiger partial charge in [-0.3, -0.25) is 4.79 Å². The van der Waals surface area contributed by atoms with Crippen molar-refractivity contribution in [2.24, 2.45) is 0 Å². The molecule has 1 saturated heterocycles. The molecule has 1 aromatic heterocycles. The van der Waals surface area contributed by atoms with E-state index in [-0.39, 0.29) is 23.9 Å². The number of alkyl halides is 3. The van der Waals surface area contributed by atoms with Crippen molar-refractivity contribution in [1.29, 1.82) is 0 Å². The van der Waals surface area contributed by atoms with Crippen molar-refractivity contribution in [2.75, 3.05) is 0 Å². The Kier molecular flexibility index (Phi) is 4.59. The highest BCUT2D eigenvalue weighted by Gasteiger charge is 2.38. The molecule has 1 unspecified atom stereocenters. The Morgan fingerprint density at radius 2 is 1.96 bits per heavy atom. The number of para-hydroxylation sites is 1. The van der Waals surface area contributed by atoms with Crippen LogP contribution in [0, 0.1) is 0 Å². The molecule has 1 N–H and O–H groups in total. The van der Waals surface area contributed by atoms with Crippen LogP contribution in [0.4, 0.5) is 13.2 Å². The molecule has 1 amide bonds. The summed E-state index contributed by atoms with van der Waals surface area (Å²) in [6.45, 7) is 0. The minimum absolute atomic E-state index is 0.0958. The molecule has 0 radical (unpaired) electrons. The Balaban J connectivity index is 1.91. The maximum Gasteiger partial charge on any atom is 0.435 e. The highest BCUT2D eigenvalue weighted by molar-refractivity contribution is 5.76. The zero-order valence-corrected chi connectivity index (χ0v) is 13.0. The molecule has 0 bridgehead atoms. The Hall–Kier alpha value is -2.31. The largest absolute Gasteiger partial charge is 0.435 e. The molecule has 0 aliphatic carbocycles. The Labute approximate surface area is 137 Å². The summed E-state index contributed by atoms with van der Waals surface area (Å²) in [5, 5.41) is 6.55. The number of benzene rings is 1. The van der Waals surface area contributed by atoms with E-state index in [1.807, 2.05) is 0 Å². The third-order valence-electron chi connectivity index (χ3n) is 4.12. The number of hydrogen-bond acceptors (Lipinski definition) is 2. The van der Waals surface area contributed by atoms with Crippen LogP contribution in [0.2, 0.25) is 0 Å². The second-order valence-corrected chi connectivity index (χ2v) is 6.00. The van der Waals surface area contributed by atoms with Gasteiger partial charge in [0, 0.05) is 24.2 Å². The Bertz CT molecular complexity index is 710. The molecule has 2 aromatic rings. The molecule has 1 atom stereocenters. The highest BCUT2D eigenvalue weighted by atomic mass is 19.4. The SMILES string of the molecule is O=C1CCCCC(Cc2cn(-c3ccccc3)nc2C(F)(F)F)N1. The van der Waals surface area contributed by atoms with Gasteiger partial charge >= 0.3 is 6.18 Å². The van der Waals surface area contributed by atoms with Crippen LogP contribution in [-0.4, -0.2) is 21.7 Å².